The van der Waals surface area contributed by atoms with Crippen LogP contribution in [0, 0.1) is 0 Å². The van der Waals surface area contributed by atoms with Crippen LogP contribution in [0.15, 0.2) is 42.6 Å². The number of nitrogens with one attached hydrogen (secondary N) is 1. The van der Waals surface area contributed by atoms with Crippen molar-refractivity contribution >= 4 is 11.6 Å². The van der Waals surface area contributed by atoms with Gasteiger partial charge in [-0.2, -0.15) is 0 Å². The molecule has 0 atom stereocenters. The number of likely N-dealkylation sites (tertiary alicyclic amines) is 1. The molecule has 0 spiro atoms. The second-order valence-corrected chi connectivity index (χ2v) is 6.18. The first-order valence-corrected chi connectivity index (χ1v) is 8.55. The molecule has 126 valence electrons. The number of amides is 1. The fraction of sp³-hybridized carbons (Fsp3) is 0.368. The van der Waals surface area contributed by atoms with Gasteiger partial charge in [0.15, 0.2) is 0 Å². The molecule has 1 aliphatic heterocycles. The summed E-state index contributed by atoms with van der Waals surface area (Å²) in [6.45, 7) is 3.88. The van der Waals surface area contributed by atoms with E-state index in [1.54, 1.807) is 12.3 Å². The Morgan fingerprint density at radius 3 is 2.79 bits per heavy atom. The first-order chi connectivity index (χ1) is 11.7. The van der Waals surface area contributed by atoms with Crippen LogP contribution in [0.25, 0.3) is 11.3 Å². The van der Waals surface area contributed by atoms with Gasteiger partial charge in [-0.1, -0.05) is 18.6 Å². The van der Waals surface area contributed by atoms with Gasteiger partial charge >= 0.3 is 0 Å². The number of aromatic nitrogens is 1. The van der Waals surface area contributed by atoms with Gasteiger partial charge < -0.3 is 16.0 Å². The third-order valence-corrected chi connectivity index (χ3v) is 4.40. The number of benzene rings is 1. The lowest BCUT2D eigenvalue weighted by molar-refractivity contribution is 0.0946. The van der Waals surface area contributed by atoms with Gasteiger partial charge in [0.1, 0.15) is 0 Å². The van der Waals surface area contributed by atoms with E-state index >= 15 is 0 Å². The lowest BCUT2D eigenvalue weighted by Crippen LogP contribution is -2.37. The van der Waals surface area contributed by atoms with Crippen molar-refractivity contribution in [2.75, 3.05) is 31.9 Å². The van der Waals surface area contributed by atoms with Gasteiger partial charge in [0.2, 0.25) is 0 Å². The monoisotopic (exact) mass is 324 g/mol. The van der Waals surface area contributed by atoms with Gasteiger partial charge in [-0.15, -0.1) is 0 Å². The first kappa shape index (κ1) is 16.5. The molecule has 0 bridgehead atoms. The number of nitrogens with two attached hydrogens (primary N) is 1. The van der Waals surface area contributed by atoms with Gasteiger partial charge in [0.25, 0.3) is 5.91 Å². The van der Waals surface area contributed by atoms with Crippen molar-refractivity contribution in [3.63, 3.8) is 0 Å². The van der Waals surface area contributed by atoms with E-state index in [4.69, 9.17) is 5.73 Å². The Kier molecular flexibility index (Phi) is 5.43. The maximum atomic E-state index is 12.4. The van der Waals surface area contributed by atoms with E-state index in [1.165, 1.54) is 19.3 Å². The van der Waals surface area contributed by atoms with E-state index in [0.29, 0.717) is 23.5 Å². The SMILES string of the molecule is Nc1cccnc1-c1cccc(C(=O)NCCN2CCCCC2)c1. The lowest BCUT2D eigenvalue weighted by atomic mass is 10.1. The summed E-state index contributed by atoms with van der Waals surface area (Å²) < 4.78 is 0. The van der Waals surface area contributed by atoms with E-state index in [1.807, 2.05) is 30.3 Å². The second kappa shape index (κ2) is 7.93. The van der Waals surface area contributed by atoms with Crippen molar-refractivity contribution < 1.29 is 4.79 Å². The standard InChI is InChI=1S/C19H24N4O/c20-17-8-5-9-21-18(17)15-6-4-7-16(14-15)19(24)22-10-13-23-11-2-1-3-12-23/h4-9,14H,1-3,10-13,20H2,(H,22,24). The van der Waals surface area contributed by atoms with Crippen molar-refractivity contribution in [3.8, 4) is 11.3 Å². The summed E-state index contributed by atoms with van der Waals surface area (Å²) in [4.78, 5) is 19.1. The highest BCUT2D eigenvalue weighted by atomic mass is 16.1. The van der Waals surface area contributed by atoms with Crippen LogP contribution >= 0.6 is 0 Å². The van der Waals surface area contributed by atoms with Gasteiger partial charge in [-0.3, -0.25) is 9.78 Å². The predicted molar refractivity (Wildman–Crippen MR) is 96.7 cm³/mol. The van der Waals surface area contributed by atoms with Crippen molar-refractivity contribution in [1.82, 2.24) is 15.2 Å². The number of piperidine rings is 1. The Balaban J connectivity index is 1.61. The predicted octanol–water partition coefficient (Wildman–Crippen LogP) is 2.55. The van der Waals surface area contributed by atoms with Crippen LogP contribution in [0.2, 0.25) is 0 Å². The Morgan fingerprint density at radius 1 is 1.17 bits per heavy atom. The molecular formula is C19H24N4O. The number of carbonyl (C=O) groups is 1. The molecule has 1 aromatic heterocycles. The molecule has 1 fully saturated rings. The number of hydrogen-bond acceptors (Lipinski definition) is 4. The number of nitrogens with zero attached hydrogens (tertiary/aromatic N) is 2. The highest BCUT2D eigenvalue weighted by Crippen LogP contribution is 2.23. The van der Waals surface area contributed by atoms with Crippen LogP contribution in [0.4, 0.5) is 5.69 Å². The molecule has 3 rings (SSSR count). The topological polar surface area (TPSA) is 71.2 Å². The summed E-state index contributed by atoms with van der Waals surface area (Å²) in [5.74, 6) is -0.0524. The average Bonchev–Trinajstić information content (AvgIpc) is 2.63. The highest BCUT2D eigenvalue weighted by molar-refractivity contribution is 5.95. The summed E-state index contributed by atoms with van der Waals surface area (Å²) in [5, 5.41) is 3.01. The first-order valence-electron chi connectivity index (χ1n) is 8.55. The zero-order valence-electron chi connectivity index (χ0n) is 13.9. The number of nitrogen functional groups attached to an aromatic ring is 1. The third-order valence-electron chi connectivity index (χ3n) is 4.40. The van der Waals surface area contributed by atoms with Crippen LogP contribution in [0.5, 0.6) is 0 Å². The molecule has 0 aliphatic carbocycles. The molecule has 2 aromatic rings. The van der Waals surface area contributed by atoms with Crippen LogP contribution in [-0.4, -0.2) is 42.0 Å². The Labute approximate surface area is 142 Å². The summed E-state index contributed by atoms with van der Waals surface area (Å²) in [6, 6.07) is 11.1. The number of hydrogen-bond donors (Lipinski definition) is 2. The maximum Gasteiger partial charge on any atom is 0.251 e. The minimum atomic E-state index is -0.0524. The van der Waals surface area contributed by atoms with Crippen LogP contribution in [0.1, 0.15) is 29.6 Å². The van der Waals surface area contributed by atoms with E-state index in [0.717, 1.165) is 25.2 Å². The van der Waals surface area contributed by atoms with Crippen LogP contribution in [-0.2, 0) is 0 Å². The summed E-state index contributed by atoms with van der Waals surface area (Å²) in [6.07, 6.45) is 5.56. The van der Waals surface area contributed by atoms with E-state index in [2.05, 4.69) is 15.2 Å². The second-order valence-electron chi connectivity index (χ2n) is 6.18. The molecule has 1 aliphatic rings. The quantitative estimate of drug-likeness (QED) is 0.886. The molecule has 1 saturated heterocycles. The summed E-state index contributed by atoms with van der Waals surface area (Å²) in [5.41, 5.74) is 8.79. The number of anilines is 1. The van der Waals surface area contributed by atoms with Crippen molar-refractivity contribution in [2.45, 2.75) is 19.3 Å². The van der Waals surface area contributed by atoms with Crippen LogP contribution < -0.4 is 11.1 Å². The van der Waals surface area contributed by atoms with Crippen molar-refractivity contribution in [1.29, 1.82) is 0 Å². The minimum Gasteiger partial charge on any atom is -0.397 e. The van der Waals surface area contributed by atoms with E-state index in [-0.39, 0.29) is 5.91 Å². The van der Waals surface area contributed by atoms with Gasteiger partial charge in [0.05, 0.1) is 11.4 Å². The highest BCUT2D eigenvalue weighted by Gasteiger charge is 2.12. The lowest BCUT2D eigenvalue weighted by Gasteiger charge is -2.26. The largest absolute Gasteiger partial charge is 0.397 e. The zero-order chi connectivity index (χ0) is 16.8. The summed E-state index contributed by atoms with van der Waals surface area (Å²) >= 11 is 0. The average molecular weight is 324 g/mol. The molecular weight excluding hydrogens is 300 g/mol. The van der Waals surface area contributed by atoms with Crippen molar-refractivity contribution in [2.24, 2.45) is 0 Å². The molecule has 0 saturated carbocycles. The number of carbonyl (C=O) groups excluding carboxylic acids is 1. The number of rotatable bonds is 5. The van der Waals surface area contributed by atoms with E-state index < -0.39 is 0 Å². The molecule has 2 heterocycles. The van der Waals surface area contributed by atoms with Gasteiger partial charge in [0, 0.05) is 30.4 Å². The van der Waals surface area contributed by atoms with Gasteiger partial charge in [-0.05, 0) is 50.2 Å². The zero-order valence-corrected chi connectivity index (χ0v) is 13.9. The fourth-order valence-electron chi connectivity index (χ4n) is 3.08. The Bertz CT molecular complexity index is 695. The fourth-order valence-corrected chi connectivity index (χ4v) is 3.08. The van der Waals surface area contributed by atoms with Crippen LogP contribution in [0.3, 0.4) is 0 Å². The van der Waals surface area contributed by atoms with Crippen molar-refractivity contribution in [3.05, 3.63) is 48.2 Å². The van der Waals surface area contributed by atoms with Gasteiger partial charge in [-0.25, -0.2) is 0 Å². The molecule has 1 amide bonds. The third kappa shape index (κ3) is 4.11. The Hall–Kier alpha value is -2.40. The minimum absolute atomic E-state index is 0.0524. The molecule has 0 radical (unpaired) electrons. The molecule has 3 N–H and O–H groups in total. The molecule has 1 aromatic carbocycles. The maximum absolute atomic E-state index is 12.4. The normalized spacial score (nSPS) is 15.2. The molecule has 0 unspecified atom stereocenters. The molecule has 5 nitrogen and oxygen atoms in total. The smallest absolute Gasteiger partial charge is 0.251 e. The number of pyridine rings is 1. The summed E-state index contributed by atoms with van der Waals surface area (Å²) in [7, 11) is 0. The molecule has 24 heavy (non-hydrogen) atoms. The molecule has 5 heteroatoms. The van der Waals surface area contributed by atoms with E-state index in [9.17, 15) is 4.79 Å². The Morgan fingerprint density at radius 2 is 2.00 bits per heavy atom.